The first-order valence-electron chi connectivity index (χ1n) is 7.13. The highest BCUT2D eigenvalue weighted by atomic mass is 79.9. The number of benzene rings is 1. The lowest BCUT2D eigenvalue weighted by atomic mass is 9.90. The molecule has 0 aliphatic carbocycles. The van der Waals surface area contributed by atoms with Gasteiger partial charge in [0, 0.05) is 34.2 Å². The topological polar surface area (TPSA) is 53.4 Å². The highest BCUT2D eigenvalue weighted by molar-refractivity contribution is 9.10. The number of halogens is 1. The Kier molecular flexibility index (Phi) is 4.34. The van der Waals surface area contributed by atoms with Crippen molar-refractivity contribution in [1.82, 2.24) is 9.88 Å². The average Bonchev–Trinajstić information content (AvgIpc) is 3.08. The van der Waals surface area contributed by atoms with Crippen LogP contribution in [-0.2, 0) is 11.3 Å². The van der Waals surface area contributed by atoms with Crippen molar-refractivity contribution < 1.29 is 9.90 Å². The molecule has 2 aromatic rings. The Balaban J connectivity index is 1.68. The van der Waals surface area contributed by atoms with E-state index in [1.807, 2.05) is 37.4 Å². The molecular formula is C16H17BrN2O2S. The summed E-state index contributed by atoms with van der Waals surface area (Å²) in [6, 6.07) is 8.11. The van der Waals surface area contributed by atoms with E-state index in [0.717, 1.165) is 28.1 Å². The van der Waals surface area contributed by atoms with Crippen LogP contribution in [0, 0.1) is 5.41 Å². The molecule has 1 unspecified atom stereocenters. The fourth-order valence-electron chi connectivity index (χ4n) is 2.69. The van der Waals surface area contributed by atoms with Crippen molar-refractivity contribution in [2.24, 2.45) is 5.41 Å². The largest absolute Gasteiger partial charge is 0.481 e. The molecule has 1 fully saturated rings. The fourth-order valence-corrected chi connectivity index (χ4v) is 3.92. The number of carboxylic acids is 1. The Labute approximate surface area is 141 Å². The molecule has 3 rings (SSSR count). The predicted octanol–water partition coefficient (Wildman–Crippen LogP) is 3.87. The van der Waals surface area contributed by atoms with Gasteiger partial charge in [-0.25, -0.2) is 4.98 Å². The highest BCUT2D eigenvalue weighted by Crippen LogP contribution is 2.33. The molecule has 2 heterocycles. The number of rotatable bonds is 4. The number of aromatic nitrogens is 1. The highest BCUT2D eigenvalue weighted by Gasteiger charge is 2.40. The van der Waals surface area contributed by atoms with Gasteiger partial charge in [0.25, 0.3) is 0 Å². The SMILES string of the molecule is CC1(C(=O)O)CCN(Cc2cnc(-c3ccc(Br)cc3)s2)C1. The molecule has 4 nitrogen and oxygen atoms in total. The lowest BCUT2D eigenvalue weighted by molar-refractivity contribution is -0.147. The van der Waals surface area contributed by atoms with Gasteiger partial charge < -0.3 is 5.11 Å². The monoisotopic (exact) mass is 380 g/mol. The summed E-state index contributed by atoms with van der Waals surface area (Å²) >= 11 is 5.10. The Morgan fingerprint density at radius 3 is 2.82 bits per heavy atom. The molecule has 0 saturated carbocycles. The second kappa shape index (κ2) is 6.10. The van der Waals surface area contributed by atoms with Crippen LogP contribution in [0.1, 0.15) is 18.2 Å². The van der Waals surface area contributed by atoms with Gasteiger partial charge in [0.15, 0.2) is 0 Å². The van der Waals surface area contributed by atoms with E-state index in [9.17, 15) is 9.90 Å². The van der Waals surface area contributed by atoms with E-state index in [1.165, 1.54) is 4.88 Å². The lowest BCUT2D eigenvalue weighted by Gasteiger charge is -2.19. The molecule has 1 atom stereocenters. The van der Waals surface area contributed by atoms with Crippen LogP contribution in [-0.4, -0.2) is 34.0 Å². The Bertz CT molecular complexity index is 686. The minimum Gasteiger partial charge on any atom is -0.481 e. The van der Waals surface area contributed by atoms with E-state index >= 15 is 0 Å². The molecule has 1 aliphatic rings. The Hall–Kier alpha value is -1.24. The molecule has 1 aliphatic heterocycles. The van der Waals surface area contributed by atoms with Crippen LogP contribution in [0.2, 0.25) is 0 Å². The van der Waals surface area contributed by atoms with Crippen LogP contribution in [0.5, 0.6) is 0 Å². The van der Waals surface area contributed by atoms with Crippen molar-refractivity contribution in [2.45, 2.75) is 19.9 Å². The van der Waals surface area contributed by atoms with E-state index in [0.29, 0.717) is 13.0 Å². The van der Waals surface area contributed by atoms with E-state index in [1.54, 1.807) is 11.3 Å². The summed E-state index contributed by atoms with van der Waals surface area (Å²) < 4.78 is 1.05. The number of thiazole rings is 1. The normalized spacial score (nSPS) is 22.1. The van der Waals surface area contributed by atoms with Crippen LogP contribution >= 0.6 is 27.3 Å². The summed E-state index contributed by atoms with van der Waals surface area (Å²) in [4.78, 5) is 19.2. The number of aliphatic carboxylic acids is 1. The zero-order chi connectivity index (χ0) is 15.7. The third-order valence-electron chi connectivity index (χ3n) is 4.09. The second-order valence-corrected chi connectivity index (χ2v) is 8.00. The van der Waals surface area contributed by atoms with Crippen molar-refractivity contribution in [3.8, 4) is 10.6 Å². The lowest BCUT2D eigenvalue weighted by Crippen LogP contribution is -2.31. The number of hydrogen-bond acceptors (Lipinski definition) is 4. The maximum atomic E-state index is 11.3. The molecule has 0 radical (unpaired) electrons. The number of carbonyl (C=O) groups is 1. The van der Waals surface area contributed by atoms with E-state index < -0.39 is 11.4 Å². The summed E-state index contributed by atoms with van der Waals surface area (Å²) in [7, 11) is 0. The summed E-state index contributed by atoms with van der Waals surface area (Å²) in [6.07, 6.45) is 2.61. The number of carboxylic acid groups (broad SMARTS) is 1. The molecule has 1 saturated heterocycles. The first-order valence-corrected chi connectivity index (χ1v) is 8.74. The van der Waals surface area contributed by atoms with Gasteiger partial charge in [-0.15, -0.1) is 11.3 Å². The standard InChI is InChI=1S/C16H17BrN2O2S/c1-16(15(20)21)6-7-19(10-16)9-13-8-18-14(22-13)11-2-4-12(17)5-3-11/h2-5,8H,6-7,9-10H2,1H3,(H,20,21). The number of hydrogen-bond donors (Lipinski definition) is 1. The van der Waals surface area contributed by atoms with Crippen LogP contribution < -0.4 is 0 Å². The number of nitrogens with zero attached hydrogens (tertiary/aromatic N) is 2. The zero-order valence-electron chi connectivity index (χ0n) is 12.3. The van der Waals surface area contributed by atoms with Crippen LogP contribution in [0.4, 0.5) is 0 Å². The third kappa shape index (κ3) is 3.24. The molecule has 6 heteroatoms. The molecular weight excluding hydrogens is 364 g/mol. The molecule has 22 heavy (non-hydrogen) atoms. The van der Waals surface area contributed by atoms with Gasteiger partial charge >= 0.3 is 5.97 Å². The summed E-state index contributed by atoms with van der Waals surface area (Å²) in [5.74, 6) is -0.699. The van der Waals surface area contributed by atoms with Crippen LogP contribution in [0.25, 0.3) is 10.6 Å². The van der Waals surface area contributed by atoms with Gasteiger partial charge in [0.05, 0.1) is 5.41 Å². The molecule has 0 amide bonds. The summed E-state index contributed by atoms with van der Waals surface area (Å²) in [6.45, 7) is 4.04. The maximum Gasteiger partial charge on any atom is 0.310 e. The minimum atomic E-state index is -0.699. The summed E-state index contributed by atoms with van der Waals surface area (Å²) in [5.41, 5.74) is 0.496. The zero-order valence-corrected chi connectivity index (χ0v) is 14.7. The first kappa shape index (κ1) is 15.6. The van der Waals surface area contributed by atoms with Gasteiger partial charge in [-0.2, -0.15) is 0 Å². The molecule has 0 bridgehead atoms. The van der Waals surface area contributed by atoms with Crippen molar-refractivity contribution in [3.63, 3.8) is 0 Å². The average molecular weight is 381 g/mol. The van der Waals surface area contributed by atoms with Gasteiger partial charge in [-0.1, -0.05) is 28.1 Å². The van der Waals surface area contributed by atoms with Gasteiger partial charge in [0.2, 0.25) is 0 Å². The van der Waals surface area contributed by atoms with Crippen LogP contribution in [0.15, 0.2) is 34.9 Å². The molecule has 1 aromatic heterocycles. The second-order valence-electron chi connectivity index (χ2n) is 5.97. The predicted molar refractivity (Wildman–Crippen MR) is 90.9 cm³/mol. The summed E-state index contributed by atoms with van der Waals surface area (Å²) in [5, 5.41) is 10.3. The van der Waals surface area contributed by atoms with E-state index in [4.69, 9.17) is 0 Å². The fraction of sp³-hybridized carbons (Fsp3) is 0.375. The molecule has 1 N–H and O–H groups in total. The van der Waals surface area contributed by atoms with Crippen molar-refractivity contribution >= 4 is 33.2 Å². The number of likely N-dealkylation sites (tertiary alicyclic amines) is 1. The van der Waals surface area contributed by atoms with Crippen molar-refractivity contribution in [2.75, 3.05) is 13.1 Å². The van der Waals surface area contributed by atoms with Gasteiger partial charge in [-0.3, -0.25) is 9.69 Å². The van der Waals surface area contributed by atoms with E-state index in [-0.39, 0.29) is 0 Å². The Morgan fingerprint density at radius 1 is 1.45 bits per heavy atom. The van der Waals surface area contributed by atoms with Crippen molar-refractivity contribution in [3.05, 3.63) is 39.8 Å². The molecule has 1 aromatic carbocycles. The maximum absolute atomic E-state index is 11.3. The van der Waals surface area contributed by atoms with Crippen molar-refractivity contribution in [1.29, 1.82) is 0 Å². The van der Waals surface area contributed by atoms with Gasteiger partial charge in [0.1, 0.15) is 5.01 Å². The van der Waals surface area contributed by atoms with Crippen LogP contribution in [0.3, 0.4) is 0 Å². The minimum absolute atomic E-state index is 0.605. The first-order chi connectivity index (χ1) is 10.5. The molecule has 0 spiro atoms. The third-order valence-corrected chi connectivity index (χ3v) is 5.65. The quantitative estimate of drug-likeness (QED) is 0.874. The van der Waals surface area contributed by atoms with Gasteiger partial charge in [-0.05, 0) is 32.0 Å². The van der Waals surface area contributed by atoms with E-state index in [2.05, 4.69) is 25.8 Å². The smallest absolute Gasteiger partial charge is 0.310 e. The molecule has 116 valence electrons. The Morgan fingerprint density at radius 2 is 2.18 bits per heavy atom.